The van der Waals surface area contributed by atoms with E-state index < -0.39 is 5.97 Å². The summed E-state index contributed by atoms with van der Waals surface area (Å²) in [6, 6.07) is 12.9. The maximum atomic E-state index is 12.6. The minimum atomic E-state index is -0.496. The Kier molecular flexibility index (Phi) is 5.35. The zero-order valence-corrected chi connectivity index (χ0v) is 16.4. The molecule has 1 N–H and O–H groups in total. The van der Waals surface area contributed by atoms with E-state index in [0.29, 0.717) is 37.8 Å². The van der Waals surface area contributed by atoms with Gasteiger partial charge in [-0.25, -0.2) is 9.78 Å². The Balaban J connectivity index is 1.51. The van der Waals surface area contributed by atoms with Gasteiger partial charge in [-0.15, -0.1) is 11.3 Å². The lowest BCUT2D eigenvalue weighted by Gasteiger charge is -2.06. The predicted octanol–water partition coefficient (Wildman–Crippen LogP) is 3.59. The number of carbonyl (C=O) groups excluding carboxylic acids is 1. The van der Waals surface area contributed by atoms with E-state index >= 15 is 0 Å². The number of thiophene rings is 1. The molecule has 0 bridgehead atoms. The summed E-state index contributed by atoms with van der Waals surface area (Å²) in [6.07, 6.45) is 3.26. The minimum absolute atomic E-state index is 0.103. The summed E-state index contributed by atoms with van der Waals surface area (Å²) in [5.41, 5.74) is 0.958. The highest BCUT2D eigenvalue weighted by Crippen LogP contribution is 2.29. The lowest BCUT2D eigenvalue weighted by Crippen LogP contribution is -2.13. The molecule has 0 fully saturated rings. The summed E-state index contributed by atoms with van der Waals surface area (Å²) in [5.74, 6) is 0.623. The van der Waals surface area contributed by atoms with E-state index in [1.165, 1.54) is 0 Å². The topological polar surface area (TPSA) is 94.2 Å². The van der Waals surface area contributed by atoms with E-state index in [0.717, 1.165) is 11.3 Å². The molecule has 0 saturated carbocycles. The number of fused-ring (bicyclic) bond motifs is 1. The van der Waals surface area contributed by atoms with Crippen molar-refractivity contribution < 1.29 is 14.3 Å². The molecular formula is C21H17N3O4S. The normalized spacial score (nSPS) is 10.8. The van der Waals surface area contributed by atoms with Gasteiger partial charge in [-0.2, -0.15) is 0 Å². The van der Waals surface area contributed by atoms with Gasteiger partial charge >= 0.3 is 5.97 Å². The average Bonchev–Trinajstić information content (AvgIpc) is 3.09. The van der Waals surface area contributed by atoms with Crippen molar-refractivity contribution in [2.24, 2.45) is 0 Å². The highest BCUT2D eigenvalue weighted by atomic mass is 32.1. The van der Waals surface area contributed by atoms with Gasteiger partial charge in [0.2, 0.25) is 0 Å². The van der Waals surface area contributed by atoms with Crippen LogP contribution in [0.4, 0.5) is 0 Å². The van der Waals surface area contributed by atoms with Crippen molar-refractivity contribution in [2.45, 2.75) is 6.92 Å². The van der Waals surface area contributed by atoms with Crippen molar-refractivity contribution >= 4 is 27.5 Å². The molecule has 7 nitrogen and oxygen atoms in total. The second-order valence-corrected chi connectivity index (χ2v) is 7.19. The number of pyridine rings is 1. The zero-order chi connectivity index (χ0) is 20.2. The molecule has 29 heavy (non-hydrogen) atoms. The Bertz CT molecular complexity index is 1200. The van der Waals surface area contributed by atoms with E-state index in [-0.39, 0.29) is 18.8 Å². The fraction of sp³-hybridized carbons (Fsp3) is 0.143. The maximum Gasteiger partial charge on any atom is 0.348 e. The van der Waals surface area contributed by atoms with Crippen molar-refractivity contribution in [1.29, 1.82) is 0 Å². The van der Waals surface area contributed by atoms with Gasteiger partial charge in [-0.1, -0.05) is 18.2 Å². The third-order valence-corrected chi connectivity index (χ3v) is 5.42. The Morgan fingerprint density at radius 1 is 1.14 bits per heavy atom. The van der Waals surface area contributed by atoms with Crippen molar-refractivity contribution in [3.63, 3.8) is 0 Å². The number of H-pyrrole nitrogens is 1. The van der Waals surface area contributed by atoms with Crippen LogP contribution in [-0.4, -0.2) is 34.1 Å². The lowest BCUT2D eigenvalue weighted by molar-refractivity contribution is 0.0455. The van der Waals surface area contributed by atoms with E-state index in [1.54, 1.807) is 31.5 Å². The fourth-order valence-corrected chi connectivity index (χ4v) is 3.93. The number of aryl methyl sites for hydroxylation is 1. The van der Waals surface area contributed by atoms with Crippen LogP contribution in [0.15, 0.2) is 59.7 Å². The van der Waals surface area contributed by atoms with Gasteiger partial charge < -0.3 is 14.5 Å². The molecule has 0 aliphatic carbocycles. The molecule has 0 atom stereocenters. The lowest BCUT2D eigenvalue weighted by atomic mass is 10.2. The second kappa shape index (κ2) is 8.24. The first-order valence-corrected chi connectivity index (χ1v) is 9.74. The number of ether oxygens (including phenoxy) is 2. The first kappa shape index (κ1) is 18.8. The van der Waals surface area contributed by atoms with Gasteiger partial charge in [0.05, 0.1) is 5.39 Å². The Morgan fingerprint density at radius 2 is 1.97 bits per heavy atom. The van der Waals surface area contributed by atoms with E-state index in [4.69, 9.17) is 9.47 Å². The summed E-state index contributed by atoms with van der Waals surface area (Å²) < 4.78 is 10.8. The molecule has 1 aromatic carbocycles. The minimum Gasteiger partial charge on any atom is -0.490 e. The summed E-state index contributed by atoms with van der Waals surface area (Å²) >= 11 is 1.14. The van der Waals surface area contributed by atoms with Crippen molar-refractivity contribution in [3.8, 4) is 17.1 Å². The number of aromatic nitrogens is 3. The molecule has 3 heterocycles. The van der Waals surface area contributed by atoms with Crippen LogP contribution in [0.1, 0.15) is 15.2 Å². The molecule has 0 amide bonds. The summed E-state index contributed by atoms with van der Waals surface area (Å²) in [6.45, 7) is 2.06. The molecule has 0 aliphatic rings. The number of hydrogen-bond donors (Lipinski definition) is 1. The van der Waals surface area contributed by atoms with Crippen LogP contribution in [0, 0.1) is 6.92 Å². The number of nitrogens with zero attached hydrogens (tertiary/aromatic N) is 2. The van der Waals surface area contributed by atoms with Crippen LogP contribution in [0.25, 0.3) is 21.6 Å². The molecule has 0 saturated heterocycles. The van der Waals surface area contributed by atoms with Crippen molar-refractivity contribution in [3.05, 3.63) is 75.7 Å². The van der Waals surface area contributed by atoms with Gasteiger partial charge in [-0.3, -0.25) is 9.78 Å². The molecule has 0 unspecified atom stereocenters. The van der Waals surface area contributed by atoms with Gasteiger partial charge in [0.15, 0.2) is 0 Å². The van der Waals surface area contributed by atoms with E-state index in [9.17, 15) is 9.59 Å². The molecule has 8 heteroatoms. The van der Waals surface area contributed by atoms with Gasteiger partial charge in [-0.05, 0) is 36.8 Å². The molecule has 3 aromatic heterocycles. The average molecular weight is 407 g/mol. The second-order valence-electron chi connectivity index (χ2n) is 6.19. The zero-order valence-electron chi connectivity index (χ0n) is 15.5. The van der Waals surface area contributed by atoms with Gasteiger partial charge in [0.1, 0.15) is 34.5 Å². The monoisotopic (exact) mass is 407 g/mol. The molecule has 0 aliphatic heterocycles. The number of esters is 1. The summed E-state index contributed by atoms with van der Waals surface area (Å²) in [5, 5.41) is 0.398. The summed E-state index contributed by atoms with van der Waals surface area (Å²) in [4.78, 5) is 37.2. The molecule has 4 rings (SSSR count). The number of nitrogens with one attached hydrogen (secondary N) is 1. The fourth-order valence-electron chi connectivity index (χ4n) is 2.85. The third-order valence-electron chi connectivity index (χ3n) is 4.25. The van der Waals surface area contributed by atoms with Crippen LogP contribution < -0.4 is 10.3 Å². The predicted molar refractivity (Wildman–Crippen MR) is 110 cm³/mol. The highest BCUT2D eigenvalue weighted by molar-refractivity contribution is 7.20. The Hall–Kier alpha value is -3.52. The smallest absolute Gasteiger partial charge is 0.348 e. The first-order valence-electron chi connectivity index (χ1n) is 8.92. The van der Waals surface area contributed by atoms with E-state index in [1.807, 2.05) is 30.3 Å². The molecule has 0 spiro atoms. The number of rotatable bonds is 6. The Morgan fingerprint density at radius 3 is 2.72 bits per heavy atom. The van der Waals surface area contributed by atoms with Crippen LogP contribution in [0.2, 0.25) is 0 Å². The number of carbonyl (C=O) groups is 1. The van der Waals surface area contributed by atoms with E-state index in [2.05, 4.69) is 15.0 Å². The number of para-hydroxylation sites is 1. The number of aromatic amines is 1. The van der Waals surface area contributed by atoms with Gasteiger partial charge in [0.25, 0.3) is 5.56 Å². The van der Waals surface area contributed by atoms with Gasteiger partial charge in [0, 0.05) is 18.0 Å². The SMILES string of the molecule is Cc1c(C(=O)OCCOc2ccccc2)sc2nc(-c3cccnc3)[nH]c(=O)c12. The van der Waals surface area contributed by atoms with Crippen LogP contribution in [0.5, 0.6) is 5.75 Å². The third kappa shape index (κ3) is 4.02. The number of benzene rings is 1. The Labute approximate surface area is 170 Å². The standard InChI is InChI=1S/C21H17N3O4S/c1-13-16-19(25)23-18(14-6-5-9-22-12-14)24-20(16)29-17(13)21(26)28-11-10-27-15-7-3-2-4-8-15/h2-9,12H,10-11H2,1H3,(H,23,24,25). The molecule has 4 aromatic rings. The summed E-state index contributed by atoms with van der Waals surface area (Å²) in [7, 11) is 0. The molecule has 0 radical (unpaired) electrons. The van der Waals surface area contributed by atoms with Crippen molar-refractivity contribution in [2.75, 3.05) is 13.2 Å². The first-order chi connectivity index (χ1) is 14.1. The van der Waals surface area contributed by atoms with Crippen LogP contribution >= 0.6 is 11.3 Å². The highest BCUT2D eigenvalue weighted by Gasteiger charge is 2.20. The van der Waals surface area contributed by atoms with Crippen LogP contribution in [0.3, 0.4) is 0 Å². The quantitative estimate of drug-likeness (QED) is 0.388. The molecular weight excluding hydrogens is 390 g/mol. The molecule has 146 valence electrons. The maximum absolute atomic E-state index is 12.6. The van der Waals surface area contributed by atoms with Crippen molar-refractivity contribution in [1.82, 2.24) is 15.0 Å². The van der Waals surface area contributed by atoms with Crippen LogP contribution in [-0.2, 0) is 4.74 Å². The largest absolute Gasteiger partial charge is 0.490 e. The number of hydrogen-bond acceptors (Lipinski definition) is 7.